The van der Waals surface area contributed by atoms with Gasteiger partial charge >= 0.3 is 0 Å². The molecule has 2 nitrogen and oxygen atoms in total. The highest BCUT2D eigenvalue weighted by Crippen LogP contribution is 2.29. The lowest BCUT2D eigenvalue weighted by molar-refractivity contribution is 0.414. The summed E-state index contributed by atoms with van der Waals surface area (Å²) in [4.78, 5) is 2.57. The minimum absolute atomic E-state index is 0.666. The lowest BCUT2D eigenvalue weighted by Gasteiger charge is -2.41. The fraction of sp³-hybridized carbons (Fsp3) is 0.600. The van der Waals surface area contributed by atoms with Gasteiger partial charge in [-0.25, -0.2) is 0 Å². The molecule has 0 spiro atoms. The molecule has 0 radical (unpaired) electrons. The first-order chi connectivity index (χ1) is 8.22. The Morgan fingerprint density at radius 1 is 1.12 bits per heavy atom. The van der Waals surface area contributed by atoms with Gasteiger partial charge in [-0.15, -0.1) is 0 Å². The van der Waals surface area contributed by atoms with Crippen LogP contribution in [0, 0.1) is 0 Å². The second-order valence-corrected chi connectivity index (χ2v) is 5.24. The molecule has 1 aromatic rings. The van der Waals surface area contributed by atoms with Crippen molar-refractivity contribution in [2.75, 3.05) is 11.4 Å². The van der Waals surface area contributed by atoms with Gasteiger partial charge in [-0.2, -0.15) is 0 Å². The van der Waals surface area contributed by atoms with Crippen LogP contribution in [0.15, 0.2) is 24.3 Å². The minimum Gasteiger partial charge on any atom is -0.366 e. The monoisotopic (exact) mass is 232 g/mol. The highest BCUT2D eigenvalue weighted by Gasteiger charge is 2.24. The van der Waals surface area contributed by atoms with Gasteiger partial charge in [0.05, 0.1) is 0 Å². The van der Waals surface area contributed by atoms with Gasteiger partial charge in [0, 0.05) is 17.8 Å². The predicted molar refractivity (Wildman–Crippen MR) is 74.5 cm³/mol. The zero-order valence-electron chi connectivity index (χ0n) is 11.0. The highest BCUT2D eigenvalue weighted by molar-refractivity contribution is 5.49. The van der Waals surface area contributed by atoms with Crippen molar-refractivity contribution < 1.29 is 0 Å². The Labute approximate surface area is 105 Å². The molecule has 94 valence electrons. The topological polar surface area (TPSA) is 29.3 Å². The molecule has 17 heavy (non-hydrogen) atoms. The first-order valence-corrected chi connectivity index (χ1v) is 6.79. The molecule has 1 aliphatic rings. The first-order valence-electron chi connectivity index (χ1n) is 6.79. The molecule has 2 heteroatoms. The van der Waals surface area contributed by atoms with E-state index in [2.05, 4.69) is 43.0 Å². The third-order valence-corrected chi connectivity index (χ3v) is 3.86. The molecule has 1 aromatic carbocycles. The van der Waals surface area contributed by atoms with Crippen molar-refractivity contribution in [2.45, 2.75) is 51.6 Å². The van der Waals surface area contributed by atoms with Crippen LogP contribution in [0.5, 0.6) is 0 Å². The molecule has 2 rings (SSSR count). The minimum atomic E-state index is 0.666. The first kappa shape index (κ1) is 12.4. The molecule has 0 amide bonds. The lowest BCUT2D eigenvalue weighted by Crippen LogP contribution is -2.43. The summed E-state index contributed by atoms with van der Waals surface area (Å²) in [5.41, 5.74) is 8.28. The Hall–Kier alpha value is -1.02. The van der Waals surface area contributed by atoms with Gasteiger partial charge in [0.1, 0.15) is 0 Å². The molecule has 0 aliphatic carbocycles. The zero-order valence-corrected chi connectivity index (χ0v) is 11.0. The smallest absolute Gasteiger partial charge is 0.0371 e. The third-order valence-electron chi connectivity index (χ3n) is 3.86. The molecular formula is C15H24N2. The van der Waals surface area contributed by atoms with E-state index in [4.69, 9.17) is 5.73 Å². The van der Waals surface area contributed by atoms with Crippen LogP contribution in [0.3, 0.4) is 0 Å². The van der Waals surface area contributed by atoms with Crippen molar-refractivity contribution in [2.24, 2.45) is 5.73 Å². The number of nitrogens with two attached hydrogens (primary N) is 1. The Balaban J connectivity index is 2.14. The van der Waals surface area contributed by atoms with Crippen LogP contribution in [0.4, 0.5) is 5.69 Å². The summed E-state index contributed by atoms with van der Waals surface area (Å²) in [6, 6.07) is 10.3. The summed E-state index contributed by atoms with van der Waals surface area (Å²) in [7, 11) is 0. The van der Waals surface area contributed by atoms with Crippen molar-refractivity contribution in [3.05, 3.63) is 29.8 Å². The maximum Gasteiger partial charge on any atom is 0.0371 e. The molecular weight excluding hydrogens is 208 g/mol. The average molecular weight is 232 g/mol. The van der Waals surface area contributed by atoms with E-state index in [9.17, 15) is 0 Å². The van der Waals surface area contributed by atoms with E-state index in [0.29, 0.717) is 12.1 Å². The van der Waals surface area contributed by atoms with E-state index in [-0.39, 0.29) is 0 Å². The van der Waals surface area contributed by atoms with E-state index >= 15 is 0 Å². The quantitative estimate of drug-likeness (QED) is 0.868. The molecule has 2 atom stereocenters. The molecule has 0 unspecified atom stereocenters. The van der Waals surface area contributed by atoms with Crippen molar-refractivity contribution in [1.29, 1.82) is 0 Å². The van der Waals surface area contributed by atoms with Gasteiger partial charge in [-0.3, -0.25) is 0 Å². The molecule has 2 N–H and O–H groups in total. The van der Waals surface area contributed by atoms with E-state index in [1.165, 1.54) is 30.5 Å². The van der Waals surface area contributed by atoms with Crippen LogP contribution in [0.25, 0.3) is 0 Å². The molecule has 0 saturated carbocycles. The fourth-order valence-corrected chi connectivity index (χ4v) is 2.93. The summed E-state index contributed by atoms with van der Waals surface area (Å²) < 4.78 is 0. The van der Waals surface area contributed by atoms with Crippen molar-refractivity contribution in [3.8, 4) is 0 Å². The Morgan fingerprint density at radius 2 is 1.71 bits per heavy atom. The Bertz CT molecular complexity index is 334. The molecule has 0 aromatic heterocycles. The van der Waals surface area contributed by atoms with Crippen molar-refractivity contribution >= 4 is 5.69 Å². The van der Waals surface area contributed by atoms with Crippen LogP contribution >= 0.6 is 0 Å². The lowest BCUT2D eigenvalue weighted by atomic mass is 9.96. The van der Waals surface area contributed by atoms with Gasteiger partial charge < -0.3 is 10.6 Å². The molecule has 1 aliphatic heterocycles. The van der Waals surface area contributed by atoms with Gasteiger partial charge in [0.2, 0.25) is 0 Å². The standard InChI is InChI=1S/C15H24N2/c1-12-4-3-5-13(2)17(12)15-8-6-14(7-9-15)10-11-16/h6-9,12-13H,3-5,10-11,16H2,1-2H3/t12-,13+. The van der Waals surface area contributed by atoms with Crippen molar-refractivity contribution in [3.63, 3.8) is 0 Å². The largest absolute Gasteiger partial charge is 0.366 e. The number of rotatable bonds is 3. The summed E-state index contributed by atoms with van der Waals surface area (Å²) in [5, 5.41) is 0. The molecule has 1 heterocycles. The number of benzene rings is 1. The maximum atomic E-state index is 5.58. The number of hydrogen-bond donors (Lipinski definition) is 1. The van der Waals surface area contributed by atoms with E-state index < -0.39 is 0 Å². The van der Waals surface area contributed by atoms with Crippen LogP contribution in [-0.4, -0.2) is 18.6 Å². The van der Waals surface area contributed by atoms with Crippen LogP contribution in [-0.2, 0) is 6.42 Å². The Morgan fingerprint density at radius 3 is 2.24 bits per heavy atom. The average Bonchev–Trinajstić information content (AvgIpc) is 2.31. The molecule has 0 bridgehead atoms. The van der Waals surface area contributed by atoms with Gasteiger partial charge in [0.25, 0.3) is 0 Å². The van der Waals surface area contributed by atoms with E-state index in [0.717, 1.165) is 13.0 Å². The maximum absolute atomic E-state index is 5.58. The second kappa shape index (κ2) is 5.54. The van der Waals surface area contributed by atoms with Crippen molar-refractivity contribution in [1.82, 2.24) is 0 Å². The summed E-state index contributed by atoms with van der Waals surface area (Å²) in [6.07, 6.45) is 4.97. The summed E-state index contributed by atoms with van der Waals surface area (Å²) in [5.74, 6) is 0. The normalized spacial score (nSPS) is 25.0. The fourth-order valence-electron chi connectivity index (χ4n) is 2.93. The molecule has 1 fully saturated rings. The number of anilines is 1. The number of piperidine rings is 1. The van der Waals surface area contributed by atoms with Gasteiger partial charge in [-0.1, -0.05) is 12.1 Å². The van der Waals surface area contributed by atoms with Gasteiger partial charge in [0.15, 0.2) is 0 Å². The van der Waals surface area contributed by atoms with Crippen LogP contribution in [0.1, 0.15) is 38.7 Å². The summed E-state index contributed by atoms with van der Waals surface area (Å²) >= 11 is 0. The highest BCUT2D eigenvalue weighted by atomic mass is 15.2. The SMILES string of the molecule is C[C@@H]1CCC[C@H](C)N1c1ccc(CCN)cc1. The predicted octanol–water partition coefficient (Wildman–Crippen LogP) is 2.96. The number of hydrogen-bond acceptors (Lipinski definition) is 2. The second-order valence-electron chi connectivity index (χ2n) is 5.24. The van der Waals surface area contributed by atoms with E-state index in [1.807, 2.05) is 0 Å². The van der Waals surface area contributed by atoms with Gasteiger partial charge in [-0.05, 0) is 63.8 Å². The van der Waals surface area contributed by atoms with Crippen LogP contribution in [0.2, 0.25) is 0 Å². The number of nitrogens with zero attached hydrogens (tertiary/aromatic N) is 1. The van der Waals surface area contributed by atoms with E-state index in [1.54, 1.807) is 0 Å². The zero-order chi connectivity index (χ0) is 12.3. The summed E-state index contributed by atoms with van der Waals surface area (Å²) in [6.45, 7) is 5.41. The van der Waals surface area contributed by atoms with Crippen LogP contribution < -0.4 is 10.6 Å². The Kier molecular flexibility index (Phi) is 4.06. The third kappa shape index (κ3) is 2.81. The molecule has 1 saturated heterocycles.